The smallest absolute Gasteiger partial charge is 0.335 e. The monoisotopic (exact) mass is 389 g/mol. The van der Waals surface area contributed by atoms with Crippen LogP contribution in [-0.2, 0) is 10.0 Å². The summed E-state index contributed by atoms with van der Waals surface area (Å²) in [6.45, 7) is 2.67. The summed E-state index contributed by atoms with van der Waals surface area (Å²) in [5, 5.41) is 8.92. The van der Waals surface area contributed by atoms with Crippen LogP contribution in [0.25, 0.3) is 0 Å². The number of hydrogen-bond acceptors (Lipinski definition) is 5. The lowest BCUT2D eigenvalue weighted by Crippen LogP contribution is -2.50. The van der Waals surface area contributed by atoms with Crippen LogP contribution in [0.1, 0.15) is 26.5 Å². The number of carbonyl (C=O) groups is 2. The molecule has 0 saturated carbocycles. The Morgan fingerprint density at radius 1 is 1.00 bits per heavy atom. The summed E-state index contributed by atoms with van der Waals surface area (Å²) in [5.41, 5.74) is 1.11. The second kappa shape index (κ2) is 7.45. The summed E-state index contributed by atoms with van der Waals surface area (Å²) in [5.74, 6) is -1.34. The van der Waals surface area contributed by atoms with Gasteiger partial charge in [-0.2, -0.15) is 4.31 Å². The first-order valence-electron chi connectivity index (χ1n) is 8.35. The van der Waals surface area contributed by atoms with Crippen molar-refractivity contribution in [3.63, 3.8) is 0 Å². The molecule has 1 saturated heterocycles. The quantitative estimate of drug-likeness (QED) is 0.843. The fourth-order valence-corrected chi connectivity index (χ4v) is 4.30. The standard InChI is InChI=1S/C18H19N3O5S/c1-13-3-2-4-16(19-13)17(22)20-9-11-21(12-10-20)27(25,26)15-7-5-14(6-8-15)18(23)24/h2-8H,9-12H2,1H3,(H,23,24). The molecule has 0 unspecified atom stereocenters. The predicted molar refractivity (Wildman–Crippen MR) is 97.0 cm³/mol. The van der Waals surface area contributed by atoms with E-state index in [2.05, 4.69) is 4.98 Å². The second-order valence-electron chi connectivity index (χ2n) is 6.19. The maximum Gasteiger partial charge on any atom is 0.335 e. The molecule has 0 bridgehead atoms. The van der Waals surface area contributed by atoms with Crippen molar-refractivity contribution in [2.75, 3.05) is 26.2 Å². The first-order chi connectivity index (χ1) is 12.8. The lowest BCUT2D eigenvalue weighted by molar-refractivity contribution is 0.0686. The Hall–Kier alpha value is -2.78. The molecule has 0 radical (unpaired) electrons. The maximum absolute atomic E-state index is 12.7. The van der Waals surface area contributed by atoms with E-state index in [9.17, 15) is 18.0 Å². The van der Waals surface area contributed by atoms with Gasteiger partial charge in [-0.3, -0.25) is 4.79 Å². The minimum atomic E-state index is -3.74. The summed E-state index contributed by atoms with van der Waals surface area (Å²) < 4.78 is 26.7. The predicted octanol–water partition coefficient (Wildman–Crippen LogP) is 1.23. The molecule has 1 aliphatic heterocycles. The molecule has 1 N–H and O–H groups in total. The van der Waals surface area contributed by atoms with Crippen LogP contribution >= 0.6 is 0 Å². The molecule has 1 fully saturated rings. The lowest BCUT2D eigenvalue weighted by Gasteiger charge is -2.33. The Bertz CT molecular complexity index is 965. The van der Waals surface area contributed by atoms with Crippen LogP contribution in [0.4, 0.5) is 0 Å². The van der Waals surface area contributed by atoms with E-state index in [1.54, 1.807) is 30.0 Å². The highest BCUT2D eigenvalue weighted by molar-refractivity contribution is 7.89. The average molecular weight is 389 g/mol. The zero-order chi connectivity index (χ0) is 19.6. The molecule has 8 nitrogen and oxygen atoms in total. The summed E-state index contributed by atoms with van der Waals surface area (Å²) >= 11 is 0. The van der Waals surface area contributed by atoms with Crippen molar-refractivity contribution in [3.05, 3.63) is 59.4 Å². The number of rotatable bonds is 4. The zero-order valence-electron chi connectivity index (χ0n) is 14.7. The van der Waals surface area contributed by atoms with E-state index in [0.29, 0.717) is 5.69 Å². The van der Waals surface area contributed by atoms with Crippen molar-refractivity contribution in [3.8, 4) is 0 Å². The third-order valence-corrected chi connectivity index (χ3v) is 6.29. The first kappa shape index (κ1) is 19.0. The Morgan fingerprint density at radius 2 is 1.63 bits per heavy atom. The van der Waals surface area contributed by atoms with Crippen molar-refractivity contribution in [1.29, 1.82) is 0 Å². The van der Waals surface area contributed by atoms with Gasteiger partial charge < -0.3 is 10.0 Å². The minimum Gasteiger partial charge on any atom is -0.478 e. The van der Waals surface area contributed by atoms with Crippen molar-refractivity contribution in [1.82, 2.24) is 14.2 Å². The maximum atomic E-state index is 12.7. The average Bonchev–Trinajstić information content (AvgIpc) is 2.67. The molecule has 142 valence electrons. The van der Waals surface area contributed by atoms with Gasteiger partial charge >= 0.3 is 5.97 Å². The number of piperazine rings is 1. The topological polar surface area (TPSA) is 108 Å². The minimum absolute atomic E-state index is 0.0232. The number of nitrogens with zero attached hydrogens (tertiary/aromatic N) is 3. The van der Waals surface area contributed by atoms with E-state index in [0.717, 1.165) is 5.69 Å². The highest BCUT2D eigenvalue weighted by Gasteiger charge is 2.30. The summed E-state index contributed by atoms with van der Waals surface area (Å²) in [7, 11) is -3.74. The van der Waals surface area contributed by atoms with E-state index in [1.807, 2.05) is 0 Å². The van der Waals surface area contributed by atoms with Crippen LogP contribution in [0, 0.1) is 6.92 Å². The number of benzene rings is 1. The summed E-state index contributed by atoms with van der Waals surface area (Å²) in [6, 6.07) is 10.3. The van der Waals surface area contributed by atoms with Gasteiger partial charge in [0.2, 0.25) is 10.0 Å². The number of aromatic nitrogens is 1. The van der Waals surface area contributed by atoms with Crippen molar-refractivity contribution in [2.45, 2.75) is 11.8 Å². The van der Waals surface area contributed by atoms with Gasteiger partial charge in [0.15, 0.2) is 0 Å². The number of sulfonamides is 1. The number of carboxylic acids is 1. The molecule has 3 rings (SSSR count). The lowest BCUT2D eigenvalue weighted by atomic mass is 10.2. The number of pyridine rings is 1. The van der Waals surface area contributed by atoms with Crippen LogP contribution in [0.5, 0.6) is 0 Å². The Kier molecular flexibility index (Phi) is 5.24. The molecule has 9 heteroatoms. The fourth-order valence-electron chi connectivity index (χ4n) is 2.87. The molecule has 2 aromatic rings. The summed E-state index contributed by atoms with van der Waals surface area (Å²) in [4.78, 5) is 29.3. The fraction of sp³-hybridized carbons (Fsp3) is 0.278. The number of carbonyl (C=O) groups excluding carboxylic acids is 1. The van der Waals surface area contributed by atoms with Gasteiger partial charge in [-0.25, -0.2) is 18.2 Å². The largest absolute Gasteiger partial charge is 0.478 e. The van der Waals surface area contributed by atoms with E-state index >= 15 is 0 Å². The Balaban J connectivity index is 1.69. The molecule has 1 amide bonds. The molecule has 1 aromatic heterocycles. The number of aromatic carboxylic acids is 1. The second-order valence-corrected chi connectivity index (χ2v) is 8.13. The highest BCUT2D eigenvalue weighted by atomic mass is 32.2. The van der Waals surface area contributed by atoms with Gasteiger partial charge in [0, 0.05) is 31.9 Å². The molecule has 27 heavy (non-hydrogen) atoms. The number of aryl methyl sites for hydroxylation is 1. The molecule has 0 aliphatic carbocycles. The SMILES string of the molecule is Cc1cccc(C(=O)N2CCN(S(=O)(=O)c3ccc(C(=O)O)cc3)CC2)n1. The third kappa shape index (κ3) is 3.99. The van der Waals surface area contributed by atoms with E-state index in [1.165, 1.54) is 28.6 Å². The van der Waals surface area contributed by atoms with Crippen LogP contribution in [0.15, 0.2) is 47.4 Å². The van der Waals surface area contributed by atoms with Crippen molar-refractivity contribution in [2.24, 2.45) is 0 Å². The first-order valence-corrected chi connectivity index (χ1v) is 9.79. The molecular weight excluding hydrogens is 370 g/mol. The molecule has 0 atom stereocenters. The van der Waals surface area contributed by atoms with E-state index < -0.39 is 16.0 Å². The number of carboxylic acid groups (broad SMARTS) is 1. The van der Waals surface area contributed by atoms with Crippen LogP contribution in [0.2, 0.25) is 0 Å². The van der Waals surface area contributed by atoms with Gasteiger partial charge in [0.05, 0.1) is 10.5 Å². The molecule has 1 aliphatic rings. The van der Waals surface area contributed by atoms with Gasteiger partial charge in [0.25, 0.3) is 5.91 Å². The van der Waals surface area contributed by atoms with Crippen molar-refractivity contribution >= 4 is 21.9 Å². The number of hydrogen-bond donors (Lipinski definition) is 1. The zero-order valence-corrected chi connectivity index (χ0v) is 15.5. The molecule has 0 spiro atoms. The van der Waals surface area contributed by atoms with Crippen LogP contribution < -0.4 is 0 Å². The van der Waals surface area contributed by atoms with Crippen LogP contribution in [0.3, 0.4) is 0 Å². The third-order valence-electron chi connectivity index (χ3n) is 4.37. The van der Waals surface area contributed by atoms with Gasteiger partial charge in [0.1, 0.15) is 5.69 Å². The Morgan fingerprint density at radius 3 is 2.19 bits per heavy atom. The normalized spacial score (nSPS) is 15.5. The van der Waals surface area contributed by atoms with Gasteiger partial charge in [-0.1, -0.05) is 6.07 Å². The van der Waals surface area contributed by atoms with Crippen molar-refractivity contribution < 1.29 is 23.1 Å². The molecule has 2 heterocycles. The summed E-state index contributed by atoms with van der Waals surface area (Å²) in [6.07, 6.45) is 0. The van der Waals surface area contributed by atoms with Gasteiger partial charge in [-0.15, -0.1) is 0 Å². The molecular formula is C18H19N3O5S. The van der Waals surface area contributed by atoms with Gasteiger partial charge in [-0.05, 0) is 43.3 Å². The molecule has 1 aromatic carbocycles. The highest BCUT2D eigenvalue weighted by Crippen LogP contribution is 2.19. The number of amides is 1. The Labute approximate surface area is 157 Å². The van der Waals surface area contributed by atoms with E-state index in [-0.39, 0.29) is 42.5 Å². The van der Waals surface area contributed by atoms with Crippen LogP contribution in [-0.4, -0.2) is 65.8 Å². The van der Waals surface area contributed by atoms with E-state index in [4.69, 9.17) is 5.11 Å².